The Morgan fingerprint density at radius 1 is 1.53 bits per heavy atom. The molecule has 0 aliphatic rings. The Morgan fingerprint density at radius 3 is 2.80 bits per heavy atom. The van der Waals surface area contributed by atoms with Gasteiger partial charge in [0.05, 0.1) is 10.7 Å². The van der Waals surface area contributed by atoms with E-state index in [4.69, 9.17) is 17.3 Å². The number of guanidine groups is 1. The van der Waals surface area contributed by atoms with Gasteiger partial charge in [-0.2, -0.15) is 0 Å². The molecule has 82 valence electrons. The van der Waals surface area contributed by atoms with Gasteiger partial charge in [-0.3, -0.25) is 4.99 Å². The van der Waals surface area contributed by atoms with Gasteiger partial charge in [-0.15, -0.1) is 0 Å². The van der Waals surface area contributed by atoms with Crippen LogP contribution < -0.4 is 11.1 Å². The Hall–Kier alpha value is -1.29. The van der Waals surface area contributed by atoms with Crippen LogP contribution in [-0.2, 0) is 0 Å². The molecule has 0 saturated heterocycles. The average Bonchev–Trinajstić information content (AvgIpc) is 2.11. The summed E-state index contributed by atoms with van der Waals surface area (Å²) in [5, 5.41) is 2.70. The van der Waals surface area contributed by atoms with Crippen molar-refractivity contribution in [1.82, 2.24) is 0 Å². The zero-order valence-corrected chi connectivity index (χ0v) is 9.35. The van der Waals surface area contributed by atoms with E-state index in [1.54, 1.807) is 12.1 Å². The monoisotopic (exact) mass is 229 g/mol. The van der Waals surface area contributed by atoms with Gasteiger partial charge in [0.1, 0.15) is 0 Å². The standard InChI is InChI=1S/C10H13ClFN3/c1-6(2)14-10(13)15-8-5-3-4-7(11)9(8)12/h3-6H,1-2H3,(H3,13,14,15). The Morgan fingerprint density at radius 2 is 2.20 bits per heavy atom. The van der Waals surface area contributed by atoms with Crippen molar-refractivity contribution >= 4 is 23.2 Å². The fourth-order valence-corrected chi connectivity index (χ4v) is 1.22. The maximum absolute atomic E-state index is 13.4. The lowest BCUT2D eigenvalue weighted by Gasteiger charge is -2.08. The molecule has 15 heavy (non-hydrogen) atoms. The normalized spacial score (nSPS) is 11.9. The van der Waals surface area contributed by atoms with Gasteiger partial charge in [-0.05, 0) is 26.0 Å². The van der Waals surface area contributed by atoms with E-state index < -0.39 is 5.82 Å². The minimum absolute atomic E-state index is 0.0531. The molecule has 0 unspecified atom stereocenters. The number of hydrogen-bond acceptors (Lipinski definition) is 1. The zero-order valence-electron chi connectivity index (χ0n) is 8.59. The molecule has 0 saturated carbocycles. The highest BCUT2D eigenvalue weighted by atomic mass is 35.5. The lowest BCUT2D eigenvalue weighted by atomic mass is 10.3. The zero-order chi connectivity index (χ0) is 11.4. The summed E-state index contributed by atoms with van der Waals surface area (Å²) >= 11 is 5.61. The Kier molecular flexibility index (Phi) is 3.91. The van der Waals surface area contributed by atoms with Gasteiger partial charge in [-0.1, -0.05) is 17.7 Å². The molecule has 0 atom stereocenters. The molecule has 0 heterocycles. The van der Waals surface area contributed by atoms with Gasteiger partial charge in [0.15, 0.2) is 11.8 Å². The topological polar surface area (TPSA) is 50.4 Å². The van der Waals surface area contributed by atoms with E-state index in [-0.39, 0.29) is 22.7 Å². The Balaban J connectivity index is 2.86. The highest BCUT2D eigenvalue weighted by Crippen LogP contribution is 2.21. The molecule has 1 aromatic rings. The number of benzene rings is 1. The summed E-state index contributed by atoms with van der Waals surface area (Å²) < 4.78 is 13.4. The molecule has 0 aliphatic heterocycles. The number of halogens is 2. The minimum atomic E-state index is -0.527. The highest BCUT2D eigenvalue weighted by molar-refractivity contribution is 6.31. The number of aliphatic imine (C=N–C) groups is 1. The van der Waals surface area contributed by atoms with E-state index in [2.05, 4.69) is 10.3 Å². The van der Waals surface area contributed by atoms with E-state index in [1.807, 2.05) is 13.8 Å². The van der Waals surface area contributed by atoms with Crippen molar-refractivity contribution in [2.45, 2.75) is 19.9 Å². The summed E-state index contributed by atoms with van der Waals surface area (Å²) in [4.78, 5) is 4.02. The molecule has 0 aliphatic carbocycles. The fraction of sp³-hybridized carbons (Fsp3) is 0.300. The van der Waals surface area contributed by atoms with E-state index in [9.17, 15) is 4.39 Å². The fourth-order valence-electron chi connectivity index (χ4n) is 1.05. The minimum Gasteiger partial charge on any atom is -0.370 e. The van der Waals surface area contributed by atoms with Crippen molar-refractivity contribution in [3.05, 3.63) is 29.0 Å². The number of nitrogens with one attached hydrogen (secondary N) is 1. The van der Waals surface area contributed by atoms with E-state index in [0.717, 1.165) is 0 Å². The molecule has 0 spiro atoms. The number of anilines is 1. The van der Waals surface area contributed by atoms with Gasteiger partial charge in [0.2, 0.25) is 0 Å². The molecule has 1 aromatic carbocycles. The van der Waals surface area contributed by atoms with Crippen LogP contribution in [0.25, 0.3) is 0 Å². The Labute approximate surface area is 93.1 Å². The van der Waals surface area contributed by atoms with Gasteiger partial charge < -0.3 is 11.1 Å². The van der Waals surface area contributed by atoms with Gasteiger partial charge in [0.25, 0.3) is 0 Å². The van der Waals surface area contributed by atoms with Crippen molar-refractivity contribution in [1.29, 1.82) is 0 Å². The van der Waals surface area contributed by atoms with Crippen molar-refractivity contribution < 1.29 is 4.39 Å². The molecule has 1 rings (SSSR count). The predicted octanol–water partition coefficient (Wildman–Crippen LogP) is 2.61. The lowest BCUT2D eigenvalue weighted by Crippen LogP contribution is -2.24. The van der Waals surface area contributed by atoms with Crippen LogP contribution in [0.1, 0.15) is 13.8 Å². The summed E-state index contributed by atoms with van der Waals surface area (Å²) in [5.41, 5.74) is 5.78. The van der Waals surface area contributed by atoms with Crippen LogP contribution in [-0.4, -0.2) is 12.0 Å². The third kappa shape index (κ3) is 3.40. The summed E-state index contributed by atoms with van der Waals surface area (Å²) in [5.74, 6) is -0.354. The van der Waals surface area contributed by atoms with Crippen LogP contribution in [0.5, 0.6) is 0 Å². The van der Waals surface area contributed by atoms with Crippen molar-refractivity contribution in [3.8, 4) is 0 Å². The smallest absolute Gasteiger partial charge is 0.193 e. The second kappa shape index (κ2) is 4.98. The maximum atomic E-state index is 13.4. The summed E-state index contributed by atoms with van der Waals surface area (Å²) in [7, 11) is 0. The van der Waals surface area contributed by atoms with Crippen LogP contribution in [0.2, 0.25) is 5.02 Å². The summed E-state index contributed by atoms with van der Waals surface area (Å²) in [6.07, 6.45) is 0. The molecular weight excluding hydrogens is 217 g/mol. The Bertz CT molecular complexity index is 377. The average molecular weight is 230 g/mol. The second-order valence-electron chi connectivity index (χ2n) is 3.33. The van der Waals surface area contributed by atoms with E-state index >= 15 is 0 Å². The predicted molar refractivity (Wildman–Crippen MR) is 61.8 cm³/mol. The molecule has 0 fully saturated rings. The third-order valence-electron chi connectivity index (χ3n) is 1.61. The molecule has 0 aromatic heterocycles. The van der Waals surface area contributed by atoms with Crippen molar-refractivity contribution in [2.24, 2.45) is 10.7 Å². The molecule has 0 bridgehead atoms. The van der Waals surface area contributed by atoms with Crippen LogP contribution in [0.15, 0.2) is 23.2 Å². The molecule has 5 heteroatoms. The highest BCUT2D eigenvalue weighted by Gasteiger charge is 2.06. The largest absolute Gasteiger partial charge is 0.370 e. The molecule has 0 amide bonds. The molecule has 0 radical (unpaired) electrons. The second-order valence-corrected chi connectivity index (χ2v) is 3.74. The summed E-state index contributed by atoms with van der Waals surface area (Å²) in [6.45, 7) is 3.76. The number of nitrogens with two attached hydrogens (primary N) is 1. The van der Waals surface area contributed by atoms with E-state index in [1.165, 1.54) is 6.07 Å². The first-order chi connectivity index (χ1) is 7.00. The maximum Gasteiger partial charge on any atom is 0.193 e. The van der Waals surface area contributed by atoms with Gasteiger partial charge in [0, 0.05) is 6.04 Å². The first kappa shape index (κ1) is 11.8. The van der Waals surface area contributed by atoms with Crippen LogP contribution in [0, 0.1) is 5.82 Å². The van der Waals surface area contributed by atoms with Crippen LogP contribution >= 0.6 is 11.6 Å². The number of rotatable bonds is 2. The third-order valence-corrected chi connectivity index (χ3v) is 1.90. The molecule has 3 nitrogen and oxygen atoms in total. The lowest BCUT2D eigenvalue weighted by molar-refractivity contribution is 0.632. The van der Waals surface area contributed by atoms with E-state index in [0.29, 0.717) is 0 Å². The molecule has 3 N–H and O–H groups in total. The van der Waals surface area contributed by atoms with Crippen molar-refractivity contribution in [3.63, 3.8) is 0 Å². The molecular formula is C10H13ClFN3. The van der Waals surface area contributed by atoms with Crippen LogP contribution in [0.3, 0.4) is 0 Å². The van der Waals surface area contributed by atoms with Gasteiger partial charge in [-0.25, -0.2) is 4.39 Å². The SMILES string of the molecule is CC(C)N=C(N)Nc1cccc(Cl)c1F. The van der Waals surface area contributed by atoms with Gasteiger partial charge >= 0.3 is 0 Å². The first-order valence-corrected chi connectivity index (χ1v) is 4.93. The number of nitrogens with zero attached hydrogens (tertiary/aromatic N) is 1. The first-order valence-electron chi connectivity index (χ1n) is 4.55. The summed E-state index contributed by atoms with van der Waals surface area (Å²) in [6, 6.07) is 4.71. The quantitative estimate of drug-likeness (QED) is 0.605. The number of hydrogen-bond donors (Lipinski definition) is 2. The van der Waals surface area contributed by atoms with Crippen molar-refractivity contribution in [2.75, 3.05) is 5.32 Å². The van der Waals surface area contributed by atoms with Crippen LogP contribution in [0.4, 0.5) is 10.1 Å².